The first kappa shape index (κ1) is 8.19. The fourth-order valence-electron chi connectivity index (χ4n) is 0.535. The molecule has 2 nitrogen and oxygen atoms in total. The van der Waals surface area contributed by atoms with Crippen LogP contribution in [0.25, 0.3) is 0 Å². The van der Waals surface area contributed by atoms with Crippen LogP contribution in [0.5, 0.6) is 0 Å². The van der Waals surface area contributed by atoms with Gasteiger partial charge in [0, 0.05) is 0 Å². The molecule has 0 aliphatic heterocycles. The van der Waals surface area contributed by atoms with E-state index in [1.54, 1.807) is 13.0 Å². The van der Waals surface area contributed by atoms with Gasteiger partial charge in [0.2, 0.25) is 0 Å². The van der Waals surface area contributed by atoms with Crippen molar-refractivity contribution in [3.05, 3.63) is 11.6 Å². The highest BCUT2D eigenvalue weighted by Crippen LogP contribution is 2.00. The fraction of sp³-hybridized carbons (Fsp3) is 0.571. The number of nitrogens with zero attached hydrogens (tertiary/aromatic N) is 1. The van der Waals surface area contributed by atoms with Crippen molar-refractivity contribution in [1.82, 2.24) is 0 Å². The van der Waals surface area contributed by atoms with Crippen LogP contribution in [0.2, 0.25) is 0 Å². The van der Waals surface area contributed by atoms with Crippen LogP contribution in [0, 0.1) is 11.3 Å². The van der Waals surface area contributed by atoms with Gasteiger partial charge in [-0.1, -0.05) is 13.0 Å². The van der Waals surface area contributed by atoms with Crippen molar-refractivity contribution >= 4 is 0 Å². The van der Waals surface area contributed by atoms with Crippen LogP contribution in [0.4, 0.5) is 0 Å². The predicted molar refractivity (Wildman–Crippen MR) is 35.7 cm³/mol. The van der Waals surface area contributed by atoms with Crippen molar-refractivity contribution < 1.29 is 5.11 Å². The molecule has 0 saturated carbocycles. The summed E-state index contributed by atoms with van der Waals surface area (Å²) in [6.45, 7) is 3.71. The number of allylic oxidation sites excluding steroid dienone is 1. The summed E-state index contributed by atoms with van der Waals surface area (Å²) in [5.74, 6) is 0. The van der Waals surface area contributed by atoms with E-state index in [1.165, 1.54) is 0 Å². The Kier molecular flexibility index (Phi) is 3.74. The molecule has 50 valence electrons. The Bertz CT molecular complexity index is 143. The predicted octanol–water partition coefficient (Wildman–Crippen LogP) is 1.23. The maximum atomic E-state index is 8.83. The summed E-state index contributed by atoms with van der Waals surface area (Å²) in [4.78, 5) is 0. The molecule has 0 unspecified atom stereocenters. The molecule has 0 heterocycles. The maximum Gasteiger partial charge on any atom is 0.161 e. The number of hydrogen-bond acceptors (Lipinski definition) is 2. The van der Waals surface area contributed by atoms with Crippen LogP contribution in [0.15, 0.2) is 11.6 Å². The summed E-state index contributed by atoms with van der Waals surface area (Å²) in [7, 11) is 0. The van der Waals surface area contributed by atoms with Crippen LogP contribution in [-0.2, 0) is 0 Å². The zero-order valence-electron chi connectivity index (χ0n) is 5.76. The zero-order valence-corrected chi connectivity index (χ0v) is 5.76. The van der Waals surface area contributed by atoms with Gasteiger partial charge in [0.1, 0.15) is 0 Å². The summed E-state index contributed by atoms with van der Waals surface area (Å²) in [5.41, 5.74) is 0.736. The number of nitriles is 1. The first-order chi connectivity index (χ1) is 4.22. The van der Waals surface area contributed by atoms with E-state index in [0.717, 1.165) is 12.0 Å². The standard InChI is InChI=1S/C7H11NO/c1-3-4-6(2)7(9)5-8/h4,7,9H,3H2,1-2H3/b6-4-/t7-/m0/s1. The Hall–Kier alpha value is -0.810. The number of aliphatic hydroxyl groups excluding tert-OH is 1. The van der Waals surface area contributed by atoms with E-state index in [-0.39, 0.29) is 0 Å². The Labute approximate surface area is 55.4 Å². The minimum absolute atomic E-state index is 0.736. The highest BCUT2D eigenvalue weighted by Gasteiger charge is 2.00. The molecule has 0 radical (unpaired) electrons. The van der Waals surface area contributed by atoms with E-state index in [2.05, 4.69) is 0 Å². The minimum Gasteiger partial charge on any atom is -0.374 e. The van der Waals surface area contributed by atoms with Gasteiger partial charge in [0.15, 0.2) is 6.10 Å². The molecule has 0 bridgehead atoms. The van der Waals surface area contributed by atoms with Gasteiger partial charge in [-0.05, 0) is 18.9 Å². The first-order valence-electron chi connectivity index (χ1n) is 2.96. The van der Waals surface area contributed by atoms with Crippen molar-refractivity contribution in [3.63, 3.8) is 0 Å². The Morgan fingerprint density at radius 3 is 2.78 bits per heavy atom. The van der Waals surface area contributed by atoms with Gasteiger partial charge in [-0.3, -0.25) is 0 Å². The van der Waals surface area contributed by atoms with E-state index in [0.29, 0.717) is 0 Å². The van der Waals surface area contributed by atoms with Gasteiger partial charge in [-0.25, -0.2) is 0 Å². The SMILES string of the molecule is CC/C=C(/C)[C@@H](O)C#N. The first-order valence-corrected chi connectivity index (χ1v) is 2.96. The molecular weight excluding hydrogens is 114 g/mol. The molecular formula is C7H11NO. The molecule has 1 N–H and O–H groups in total. The number of aliphatic hydroxyl groups is 1. The number of hydrogen-bond donors (Lipinski definition) is 1. The van der Waals surface area contributed by atoms with Crippen LogP contribution in [0.3, 0.4) is 0 Å². The van der Waals surface area contributed by atoms with Gasteiger partial charge in [0.25, 0.3) is 0 Å². The van der Waals surface area contributed by atoms with Crippen molar-refractivity contribution in [2.45, 2.75) is 26.4 Å². The Morgan fingerprint density at radius 1 is 1.89 bits per heavy atom. The minimum atomic E-state index is -0.912. The quantitative estimate of drug-likeness (QED) is 0.445. The van der Waals surface area contributed by atoms with Gasteiger partial charge >= 0.3 is 0 Å². The number of rotatable bonds is 2. The van der Waals surface area contributed by atoms with Crippen LogP contribution in [-0.4, -0.2) is 11.2 Å². The second-order valence-corrected chi connectivity index (χ2v) is 1.89. The largest absolute Gasteiger partial charge is 0.374 e. The molecule has 0 fully saturated rings. The van der Waals surface area contributed by atoms with Gasteiger partial charge in [-0.15, -0.1) is 0 Å². The molecule has 0 saturated heterocycles. The van der Waals surface area contributed by atoms with E-state index in [9.17, 15) is 0 Å². The van der Waals surface area contributed by atoms with Crippen molar-refractivity contribution in [3.8, 4) is 6.07 Å². The van der Waals surface area contributed by atoms with Crippen molar-refractivity contribution in [2.75, 3.05) is 0 Å². The smallest absolute Gasteiger partial charge is 0.161 e. The highest BCUT2D eigenvalue weighted by molar-refractivity contribution is 5.12. The lowest BCUT2D eigenvalue weighted by Gasteiger charge is -1.98. The van der Waals surface area contributed by atoms with Gasteiger partial charge in [-0.2, -0.15) is 5.26 Å². The lowest BCUT2D eigenvalue weighted by Crippen LogP contribution is -2.03. The third kappa shape index (κ3) is 2.89. The molecule has 0 amide bonds. The third-order valence-electron chi connectivity index (χ3n) is 1.08. The molecule has 1 atom stereocenters. The molecule has 0 spiro atoms. The van der Waals surface area contributed by atoms with Crippen molar-refractivity contribution in [2.24, 2.45) is 0 Å². The average molecular weight is 125 g/mol. The summed E-state index contributed by atoms with van der Waals surface area (Å²) >= 11 is 0. The van der Waals surface area contributed by atoms with Gasteiger partial charge < -0.3 is 5.11 Å². The summed E-state index contributed by atoms with van der Waals surface area (Å²) in [6, 6.07) is 1.74. The average Bonchev–Trinajstić information content (AvgIpc) is 1.87. The second kappa shape index (κ2) is 4.11. The van der Waals surface area contributed by atoms with E-state index in [1.807, 2.05) is 13.0 Å². The van der Waals surface area contributed by atoms with E-state index < -0.39 is 6.10 Å². The molecule has 9 heavy (non-hydrogen) atoms. The normalized spacial score (nSPS) is 14.7. The molecule has 0 aliphatic carbocycles. The Balaban J connectivity index is 3.89. The molecule has 2 heteroatoms. The lowest BCUT2D eigenvalue weighted by atomic mass is 10.1. The fourth-order valence-corrected chi connectivity index (χ4v) is 0.535. The summed E-state index contributed by atoms with van der Waals surface area (Å²) < 4.78 is 0. The molecule has 0 aliphatic rings. The van der Waals surface area contributed by atoms with Crippen LogP contribution < -0.4 is 0 Å². The second-order valence-electron chi connectivity index (χ2n) is 1.89. The molecule has 0 aromatic carbocycles. The van der Waals surface area contributed by atoms with Crippen LogP contribution >= 0.6 is 0 Å². The van der Waals surface area contributed by atoms with Crippen LogP contribution in [0.1, 0.15) is 20.3 Å². The van der Waals surface area contributed by atoms with E-state index in [4.69, 9.17) is 10.4 Å². The Morgan fingerprint density at radius 2 is 2.44 bits per heavy atom. The zero-order chi connectivity index (χ0) is 7.28. The van der Waals surface area contributed by atoms with E-state index >= 15 is 0 Å². The lowest BCUT2D eigenvalue weighted by molar-refractivity contribution is 0.265. The molecule has 0 aromatic rings. The summed E-state index contributed by atoms with van der Waals surface area (Å²) in [5, 5.41) is 17.0. The maximum absolute atomic E-state index is 8.83. The highest BCUT2D eigenvalue weighted by atomic mass is 16.3. The molecule has 0 aromatic heterocycles. The topological polar surface area (TPSA) is 44.0 Å². The summed E-state index contributed by atoms with van der Waals surface area (Å²) in [6.07, 6.45) is 1.79. The molecule has 0 rings (SSSR count). The van der Waals surface area contributed by atoms with Gasteiger partial charge in [0.05, 0.1) is 6.07 Å². The van der Waals surface area contributed by atoms with Crippen molar-refractivity contribution in [1.29, 1.82) is 5.26 Å². The monoisotopic (exact) mass is 125 g/mol. The third-order valence-corrected chi connectivity index (χ3v) is 1.08.